The minimum absolute atomic E-state index is 0.210. The predicted octanol–water partition coefficient (Wildman–Crippen LogP) is -0.352. The first-order chi connectivity index (χ1) is 9.58. The van der Waals surface area contributed by atoms with Crippen LogP contribution in [0.25, 0.3) is 0 Å². The maximum atomic E-state index is 11.7. The molecule has 1 aliphatic heterocycles. The average Bonchev–Trinajstić information content (AvgIpc) is 2.45. The predicted molar refractivity (Wildman–Crippen MR) is 78.9 cm³/mol. The van der Waals surface area contributed by atoms with E-state index in [4.69, 9.17) is 4.74 Å². The molecule has 2 rings (SSSR count). The molecule has 0 amide bonds. The highest BCUT2D eigenvalue weighted by Gasteiger charge is 2.15. The van der Waals surface area contributed by atoms with Gasteiger partial charge in [0.15, 0.2) is 0 Å². The highest BCUT2D eigenvalue weighted by molar-refractivity contribution is 9.10. The fourth-order valence-corrected chi connectivity index (χ4v) is 2.51. The number of ether oxygens (including phenoxy) is 1. The summed E-state index contributed by atoms with van der Waals surface area (Å²) >= 11 is 3.24. The molecule has 8 heteroatoms. The molecule has 2 heterocycles. The van der Waals surface area contributed by atoms with Crippen LogP contribution in [0.4, 0.5) is 5.69 Å². The number of hydrogen-bond acceptors (Lipinski definition) is 6. The molecule has 0 spiro atoms. The Kier molecular flexibility index (Phi) is 5.53. The zero-order valence-corrected chi connectivity index (χ0v) is 13.0. The van der Waals surface area contributed by atoms with Crippen molar-refractivity contribution >= 4 is 21.6 Å². The molecule has 7 nitrogen and oxygen atoms in total. The van der Waals surface area contributed by atoms with Gasteiger partial charge >= 0.3 is 0 Å². The Labute approximate surface area is 125 Å². The lowest BCUT2D eigenvalue weighted by atomic mass is 10.3. The number of aromatic nitrogens is 2. The summed E-state index contributed by atoms with van der Waals surface area (Å²) in [7, 11) is 1.59. The molecule has 1 unspecified atom stereocenters. The zero-order chi connectivity index (χ0) is 14.5. The molecule has 1 aliphatic rings. The molecular formula is C12H19BrN4O3. The molecule has 0 bridgehead atoms. The lowest BCUT2D eigenvalue weighted by Gasteiger charge is -2.28. The maximum absolute atomic E-state index is 11.7. The van der Waals surface area contributed by atoms with Gasteiger partial charge in [-0.25, -0.2) is 4.68 Å². The number of rotatable bonds is 5. The number of anilines is 1. The zero-order valence-electron chi connectivity index (χ0n) is 11.4. The molecule has 1 fully saturated rings. The lowest BCUT2D eigenvalue weighted by Crippen LogP contribution is -2.42. The van der Waals surface area contributed by atoms with E-state index in [0.29, 0.717) is 36.5 Å². The van der Waals surface area contributed by atoms with Gasteiger partial charge in [-0.15, -0.1) is 0 Å². The number of nitrogens with one attached hydrogen (secondary N) is 1. The van der Waals surface area contributed by atoms with Crippen molar-refractivity contribution in [3.05, 3.63) is 21.0 Å². The van der Waals surface area contributed by atoms with Gasteiger partial charge in [-0.1, -0.05) is 0 Å². The molecule has 1 aromatic rings. The van der Waals surface area contributed by atoms with E-state index in [1.807, 2.05) is 0 Å². The third-order valence-corrected chi connectivity index (χ3v) is 3.95. The fourth-order valence-electron chi connectivity index (χ4n) is 2.01. The van der Waals surface area contributed by atoms with E-state index in [1.165, 1.54) is 4.68 Å². The van der Waals surface area contributed by atoms with Gasteiger partial charge in [0.05, 0.1) is 31.2 Å². The van der Waals surface area contributed by atoms with E-state index in [-0.39, 0.29) is 5.56 Å². The molecule has 1 atom stereocenters. The number of β-amino-alcohol motifs (C(OH)–C–C–N with tert-alkyl or cyclic N) is 1. The summed E-state index contributed by atoms with van der Waals surface area (Å²) in [4.78, 5) is 13.8. The Bertz CT molecular complexity index is 502. The summed E-state index contributed by atoms with van der Waals surface area (Å²) in [6.07, 6.45) is 1.05. The van der Waals surface area contributed by atoms with Gasteiger partial charge in [0.2, 0.25) is 0 Å². The van der Waals surface area contributed by atoms with Crippen LogP contribution >= 0.6 is 15.9 Å². The normalized spacial score (nSPS) is 17.9. The summed E-state index contributed by atoms with van der Waals surface area (Å²) in [5, 5.41) is 17.0. The molecular weight excluding hydrogens is 328 g/mol. The van der Waals surface area contributed by atoms with Gasteiger partial charge in [-0.3, -0.25) is 9.69 Å². The standard InChI is InChI=1S/C12H19BrN4O3/c1-16-12(19)11(13)10(7-15-16)14-6-9(18)8-17-2-4-20-5-3-17/h7,9,14,18H,2-6,8H2,1H3. The minimum Gasteiger partial charge on any atom is -0.390 e. The number of aryl methyl sites for hydroxylation is 1. The Morgan fingerprint density at radius 1 is 1.55 bits per heavy atom. The first kappa shape index (κ1) is 15.4. The molecule has 1 aromatic heterocycles. The first-order valence-electron chi connectivity index (χ1n) is 6.52. The Balaban J connectivity index is 1.85. The molecule has 2 N–H and O–H groups in total. The van der Waals surface area contributed by atoms with Crippen LogP contribution in [-0.2, 0) is 11.8 Å². The van der Waals surface area contributed by atoms with Crippen LogP contribution in [0.5, 0.6) is 0 Å². The third-order valence-electron chi connectivity index (χ3n) is 3.18. The summed E-state index contributed by atoms with van der Waals surface area (Å²) in [5.41, 5.74) is 0.381. The third kappa shape index (κ3) is 4.02. The van der Waals surface area contributed by atoms with E-state index < -0.39 is 6.10 Å². The van der Waals surface area contributed by atoms with Crippen LogP contribution in [0, 0.1) is 0 Å². The number of hydrogen-bond donors (Lipinski definition) is 2. The van der Waals surface area contributed by atoms with Gasteiger partial charge in [0, 0.05) is 33.2 Å². The van der Waals surface area contributed by atoms with Crippen LogP contribution in [0.3, 0.4) is 0 Å². The molecule has 1 saturated heterocycles. The van der Waals surface area contributed by atoms with Crippen LogP contribution in [0.2, 0.25) is 0 Å². The van der Waals surface area contributed by atoms with Crippen molar-refractivity contribution in [2.75, 3.05) is 44.7 Å². The topological polar surface area (TPSA) is 79.6 Å². The lowest BCUT2D eigenvalue weighted by molar-refractivity contribution is 0.0171. The summed E-state index contributed by atoms with van der Waals surface area (Å²) in [6.45, 7) is 4.06. The Morgan fingerprint density at radius 2 is 2.25 bits per heavy atom. The molecule has 0 radical (unpaired) electrons. The number of aliphatic hydroxyl groups excluding tert-OH is 1. The quantitative estimate of drug-likeness (QED) is 0.758. The van der Waals surface area contributed by atoms with Crippen molar-refractivity contribution in [3.8, 4) is 0 Å². The van der Waals surface area contributed by atoms with Crippen molar-refractivity contribution in [2.24, 2.45) is 7.05 Å². The monoisotopic (exact) mass is 346 g/mol. The second kappa shape index (κ2) is 7.16. The molecule has 0 saturated carbocycles. The number of aliphatic hydroxyl groups is 1. The highest BCUT2D eigenvalue weighted by atomic mass is 79.9. The number of halogens is 1. The van der Waals surface area contributed by atoms with Crippen LogP contribution < -0.4 is 10.9 Å². The van der Waals surface area contributed by atoms with Gasteiger partial charge in [-0.05, 0) is 15.9 Å². The average molecular weight is 347 g/mol. The number of morpholine rings is 1. The van der Waals surface area contributed by atoms with Gasteiger partial charge < -0.3 is 15.2 Å². The highest BCUT2D eigenvalue weighted by Crippen LogP contribution is 2.15. The van der Waals surface area contributed by atoms with Crippen LogP contribution in [0.1, 0.15) is 0 Å². The van der Waals surface area contributed by atoms with E-state index in [1.54, 1.807) is 13.2 Å². The molecule has 0 aliphatic carbocycles. The fraction of sp³-hybridized carbons (Fsp3) is 0.667. The molecule has 112 valence electrons. The SMILES string of the molecule is Cn1ncc(NCC(O)CN2CCOCC2)c(Br)c1=O. The van der Waals surface area contributed by atoms with E-state index in [2.05, 4.69) is 31.2 Å². The van der Waals surface area contributed by atoms with Gasteiger partial charge in [0.1, 0.15) is 4.47 Å². The van der Waals surface area contributed by atoms with Crippen molar-refractivity contribution in [3.63, 3.8) is 0 Å². The second-order valence-corrected chi connectivity index (χ2v) is 5.54. The van der Waals surface area contributed by atoms with Crippen molar-refractivity contribution in [2.45, 2.75) is 6.10 Å². The van der Waals surface area contributed by atoms with Gasteiger partial charge in [0.25, 0.3) is 5.56 Å². The summed E-state index contributed by atoms with van der Waals surface area (Å²) < 4.78 is 6.93. The van der Waals surface area contributed by atoms with Gasteiger partial charge in [-0.2, -0.15) is 5.10 Å². The summed E-state index contributed by atoms with van der Waals surface area (Å²) in [5.74, 6) is 0. The van der Waals surface area contributed by atoms with Crippen molar-refractivity contribution < 1.29 is 9.84 Å². The Hall–Kier alpha value is -0.960. The number of nitrogens with zero attached hydrogens (tertiary/aromatic N) is 3. The van der Waals surface area contributed by atoms with Crippen molar-refractivity contribution in [1.29, 1.82) is 0 Å². The minimum atomic E-state index is -0.510. The second-order valence-electron chi connectivity index (χ2n) is 4.75. The van der Waals surface area contributed by atoms with Crippen LogP contribution in [-0.4, -0.2) is 65.3 Å². The Morgan fingerprint density at radius 3 is 2.95 bits per heavy atom. The van der Waals surface area contributed by atoms with Crippen molar-refractivity contribution in [1.82, 2.24) is 14.7 Å². The largest absolute Gasteiger partial charge is 0.390 e. The van der Waals surface area contributed by atoms with E-state index >= 15 is 0 Å². The summed E-state index contributed by atoms with van der Waals surface area (Å²) in [6, 6.07) is 0. The smallest absolute Gasteiger partial charge is 0.282 e. The van der Waals surface area contributed by atoms with Crippen LogP contribution in [0.15, 0.2) is 15.5 Å². The molecule has 0 aromatic carbocycles. The maximum Gasteiger partial charge on any atom is 0.282 e. The first-order valence-corrected chi connectivity index (χ1v) is 7.31. The van der Waals surface area contributed by atoms with E-state index in [9.17, 15) is 9.90 Å². The molecule has 20 heavy (non-hydrogen) atoms. The van der Waals surface area contributed by atoms with E-state index in [0.717, 1.165) is 13.1 Å².